The molecule has 44 heavy (non-hydrogen) atoms. The first-order valence-electron chi connectivity index (χ1n) is 15.6. The van der Waals surface area contributed by atoms with Crippen LogP contribution in [-0.2, 0) is 29.0 Å². The molecule has 5 rings (SSSR count). The second-order valence-corrected chi connectivity index (χ2v) is 14.0. The maximum atomic E-state index is 12.8. The summed E-state index contributed by atoms with van der Waals surface area (Å²) in [5.74, 6) is -0.994. The number of anilines is 1. The molecule has 9 heteroatoms. The number of aromatic nitrogens is 3. The summed E-state index contributed by atoms with van der Waals surface area (Å²) in [6.07, 6.45) is 5.51. The largest absolute Gasteiger partial charge is 0.479 e. The number of hydrogen-bond acceptors (Lipinski definition) is 8. The van der Waals surface area contributed by atoms with E-state index in [1.165, 1.54) is 11.1 Å². The van der Waals surface area contributed by atoms with Gasteiger partial charge in [-0.05, 0) is 76.0 Å². The molecule has 2 aromatic heterocycles. The number of aliphatic carboxylic acids is 1. The third kappa shape index (κ3) is 7.05. The second-order valence-electron chi connectivity index (χ2n) is 14.0. The minimum absolute atomic E-state index is 0.248. The minimum Gasteiger partial charge on any atom is -0.479 e. The van der Waals surface area contributed by atoms with Gasteiger partial charge in [0.15, 0.2) is 6.10 Å². The van der Waals surface area contributed by atoms with Crippen molar-refractivity contribution in [2.75, 3.05) is 31.6 Å². The van der Waals surface area contributed by atoms with E-state index in [4.69, 9.17) is 14.5 Å². The van der Waals surface area contributed by atoms with Crippen molar-refractivity contribution >= 4 is 11.7 Å². The average Bonchev–Trinajstić information content (AvgIpc) is 2.95. The highest BCUT2D eigenvalue weighted by Gasteiger charge is 2.36. The molecule has 2 aliphatic heterocycles. The molecule has 0 aliphatic carbocycles. The number of piperidine rings is 1. The Morgan fingerprint density at radius 2 is 1.73 bits per heavy atom. The van der Waals surface area contributed by atoms with E-state index in [2.05, 4.69) is 51.8 Å². The van der Waals surface area contributed by atoms with Crippen molar-refractivity contribution in [3.05, 3.63) is 64.2 Å². The topological polar surface area (TPSA) is 101 Å². The zero-order valence-electron chi connectivity index (χ0n) is 27.5. The van der Waals surface area contributed by atoms with Gasteiger partial charge in [0.1, 0.15) is 0 Å². The van der Waals surface area contributed by atoms with Crippen LogP contribution in [0.4, 0.5) is 5.69 Å². The van der Waals surface area contributed by atoms with Gasteiger partial charge in [-0.2, -0.15) is 0 Å². The van der Waals surface area contributed by atoms with Gasteiger partial charge in [0.25, 0.3) is 0 Å². The number of aryl methyl sites for hydroxylation is 2. The fourth-order valence-electron chi connectivity index (χ4n) is 6.45. The van der Waals surface area contributed by atoms with Crippen LogP contribution in [0.3, 0.4) is 0 Å². The van der Waals surface area contributed by atoms with Crippen molar-refractivity contribution in [3.8, 4) is 17.1 Å². The van der Waals surface area contributed by atoms with Gasteiger partial charge in [0.05, 0.1) is 18.4 Å². The van der Waals surface area contributed by atoms with E-state index in [0.717, 1.165) is 80.1 Å². The van der Waals surface area contributed by atoms with Crippen molar-refractivity contribution < 1.29 is 19.4 Å². The molecule has 2 aliphatic rings. The highest BCUT2D eigenvalue weighted by molar-refractivity contribution is 5.88. The van der Waals surface area contributed by atoms with E-state index in [-0.39, 0.29) is 5.41 Å². The van der Waals surface area contributed by atoms with Crippen molar-refractivity contribution in [2.24, 2.45) is 5.41 Å². The molecule has 1 N–H and O–H groups in total. The van der Waals surface area contributed by atoms with Crippen molar-refractivity contribution in [2.45, 2.75) is 92.5 Å². The van der Waals surface area contributed by atoms with Crippen LogP contribution < -0.4 is 9.64 Å². The number of carboxylic acid groups (broad SMARTS) is 1. The predicted molar refractivity (Wildman–Crippen MR) is 172 cm³/mol. The number of nitrogens with zero attached hydrogens (tertiary/aromatic N) is 5. The van der Waals surface area contributed by atoms with Gasteiger partial charge in [-0.3, -0.25) is 9.88 Å². The van der Waals surface area contributed by atoms with E-state index in [9.17, 15) is 9.90 Å². The molecule has 0 amide bonds. The molecule has 0 radical (unpaired) electrons. The van der Waals surface area contributed by atoms with E-state index in [1.54, 1.807) is 7.11 Å². The summed E-state index contributed by atoms with van der Waals surface area (Å²) in [6, 6.07) is 7.08. The SMILES string of the molecule is COc1ncc(CN2CCc3cc(-c4c(C)nc(C)c(C(OC(C)(C)C)C(=O)O)c4N4CCC(C)(C)CC4)ccc3C2)cn1. The van der Waals surface area contributed by atoms with E-state index in [1.807, 2.05) is 47.0 Å². The molecule has 1 atom stereocenters. The Morgan fingerprint density at radius 1 is 1.05 bits per heavy atom. The lowest BCUT2D eigenvalue weighted by atomic mass is 9.81. The zero-order chi connectivity index (χ0) is 31.8. The summed E-state index contributed by atoms with van der Waals surface area (Å²) >= 11 is 0. The quantitative estimate of drug-likeness (QED) is 0.319. The summed E-state index contributed by atoms with van der Waals surface area (Å²) in [6.45, 7) is 18.5. The number of carbonyl (C=O) groups is 1. The van der Waals surface area contributed by atoms with Crippen LogP contribution in [0.5, 0.6) is 6.01 Å². The number of hydrogen-bond donors (Lipinski definition) is 1. The molecule has 1 unspecified atom stereocenters. The van der Waals surface area contributed by atoms with E-state index < -0.39 is 17.7 Å². The van der Waals surface area contributed by atoms with Gasteiger partial charge in [-0.1, -0.05) is 32.0 Å². The standard InChI is InChI=1S/C35H47N5O4/c1-22-28(26-9-10-27-21-39(14-11-25(27)17-26)20-24-18-36-33(43-8)37-19-24)30(40-15-12-35(6,7)13-16-40)29(23(2)38-22)31(32(41)42)44-34(3,4)5/h9-10,17-19,31H,11-16,20-21H2,1-8H3,(H,41,42). The van der Waals surface area contributed by atoms with Crippen LogP contribution in [0.15, 0.2) is 30.6 Å². The summed E-state index contributed by atoms with van der Waals surface area (Å²) in [5.41, 5.74) is 8.60. The van der Waals surface area contributed by atoms with Gasteiger partial charge < -0.3 is 19.5 Å². The van der Waals surface area contributed by atoms with E-state index in [0.29, 0.717) is 17.3 Å². The van der Waals surface area contributed by atoms with Crippen LogP contribution in [-0.4, -0.2) is 63.3 Å². The molecular weight excluding hydrogens is 554 g/mol. The van der Waals surface area contributed by atoms with Gasteiger partial charge in [0.2, 0.25) is 0 Å². The van der Waals surface area contributed by atoms with Gasteiger partial charge in [-0.15, -0.1) is 0 Å². The number of rotatable bonds is 8. The molecule has 9 nitrogen and oxygen atoms in total. The first-order chi connectivity index (χ1) is 20.7. The van der Waals surface area contributed by atoms with Gasteiger partial charge in [-0.25, -0.2) is 14.8 Å². The average molecular weight is 602 g/mol. The highest BCUT2D eigenvalue weighted by Crippen LogP contribution is 2.45. The lowest BCUT2D eigenvalue weighted by Crippen LogP contribution is -2.39. The maximum absolute atomic E-state index is 12.8. The van der Waals surface area contributed by atoms with Gasteiger partial charge in [0, 0.05) is 73.2 Å². The zero-order valence-corrected chi connectivity index (χ0v) is 27.5. The molecule has 0 spiro atoms. The molecule has 4 heterocycles. The minimum atomic E-state index is -1.13. The maximum Gasteiger partial charge on any atom is 0.337 e. The Labute approximate surface area is 261 Å². The Hall–Kier alpha value is -3.56. The molecule has 0 bridgehead atoms. The first kappa shape index (κ1) is 31.9. The fraction of sp³-hybridized carbons (Fsp3) is 0.543. The van der Waals surface area contributed by atoms with Crippen molar-refractivity contribution in [3.63, 3.8) is 0 Å². The monoisotopic (exact) mass is 601 g/mol. The van der Waals surface area contributed by atoms with Crippen molar-refractivity contribution in [1.29, 1.82) is 0 Å². The molecule has 3 aromatic rings. The molecule has 1 aromatic carbocycles. The second kappa shape index (κ2) is 12.4. The molecule has 1 saturated heterocycles. The number of methoxy groups -OCH3 is 1. The Morgan fingerprint density at radius 3 is 2.34 bits per heavy atom. The van der Waals surface area contributed by atoms with Crippen LogP contribution >= 0.6 is 0 Å². The van der Waals surface area contributed by atoms with Crippen LogP contribution in [0, 0.1) is 19.3 Å². The smallest absolute Gasteiger partial charge is 0.337 e. The number of carboxylic acids is 1. The first-order valence-corrected chi connectivity index (χ1v) is 15.6. The number of pyridine rings is 1. The molecule has 1 fully saturated rings. The van der Waals surface area contributed by atoms with Crippen molar-refractivity contribution in [1.82, 2.24) is 19.9 Å². The third-order valence-electron chi connectivity index (χ3n) is 8.83. The molecular formula is C35H47N5O4. The summed E-state index contributed by atoms with van der Waals surface area (Å²) in [5, 5.41) is 10.5. The summed E-state index contributed by atoms with van der Waals surface area (Å²) in [4.78, 5) is 31.1. The third-order valence-corrected chi connectivity index (χ3v) is 8.83. The lowest BCUT2D eigenvalue weighted by molar-refractivity contribution is -0.160. The Balaban J connectivity index is 1.54. The fourth-order valence-corrected chi connectivity index (χ4v) is 6.45. The Bertz CT molecular complexity index is 1500. The van der Waals surface area contributed by atoms with Crippen LogP contribution in [0.25, 0.3) is 11.1 Å². The summed E-state index contributed by atoms with van der Waals surface area (Å²) < 4.78 is 11.3. The number of benzene rings is 1. The lowest BCUT2D eigenvalue weighted by Gasteiger charge is -2.41. The van der Waals surface area contributed by atoms with E-state index >= 15 is 0 Å². The summed E-state index contributed by atoms with van der Waals surface area (Å²) in [7, 11) is 1.57. The highest BCUT2D eigenvalue weighted by atomic mass is 16.5. The molecule has 0 saturated carbocycles. The normalized spacial score (nSPS) is 17.7. The number of ether oxygens (including phenoxy) is 2. The van der Waals surface area contributed by atoms with Crippen LogP contribution in [0.2, 0.25) is 0 Å². The number of fused-ring (bicyclic) bond motifs is 1. The van der Waals surface area contributed by atoms with Gasteiger partial charge >= 0.3 is 12.0 Å². The Kier molecular flexibility index (Phi) is 9.01. The predicted octanol–water partition coefficient (Wildman–Crippen LogP) is 6.29. The van der Waals surface area contributed by atoms with Crippen LogP contribution in [0.1, 0.15) is 87.2 Å². The molecule has 236 valence electrons.